The Morgan fingerprint density at radius 1 is 1.16 bits per heavy atom. The second-order valence-corrected chi connectivity index (χ2v) is 6.15. The molecule has 0 spiro atoms. The zero-order chi connectivity index (χ0) is 14.0. The fourth-order valence-corrected chi connectivity index (χ4v) is 3.07. The van der Waals surface area contributed by atoms with Crippen molar-refractivity contribution in [1.29, 1.82) is 0 Å². The highest BCUT2D eigenvalue weighted by Crippen LogP contribution is 2.25. The van der Waals surface area contributed by atoms with Crippen molar-refractivity contribution in [3.63, 3.8) is 0 Å². The molecule has 0 aliphatic rings. The topological polar surface area (TPSA) is 85.1 Å². The second kappa shape index (κ2) is 5.24. The number of nitrogens with zero attached hydrogens (tertiary/aromatic N) is 1. The number of halogens is 2. The van der Waals surface area contributed by atoms with Crippen LogP contribution in [0.15, 0.2) is 41.4 Å². The molecule has 5 nitrogen and oxygen atoms in total. The van der Waals surface area contributed by atoms with Gasteiger partial charge in [0, 0.05) is 23.0 Å². The summed E-state index contributed by atoms with van der Waals surface area (Å²) in [6.45, 7) is 0. The fraction of sp³-hybridized carbons (Fsp3) is 0. The third-order valence-corrected chi connectivity index (χ3v) is 4.28. The van der Waals surface area contributed by atoms with Gasteiger partial charge in [-0.05, 0) is 24.3 Å². The minimum absolute atomic E-state index is 0.0729. The number of sulfonamides is 1. The van der Waals surface area contributed by atoms with Crippen LogP contribution in [0.5, 0.6) is 0 Å². The molecule has 0 atom stereocenters. The summed E-state index contributed by atoms with van der Waals surface area (Å²) in [5.41, 5.74) is 5.85. The van der Waals surface area contributed by atoms with E-state index in [1.807, 2.05) is 0 Å². The van der Waals surface area contributed by atoms with Crippen molar-refractivity contribution in [3.05, 3.63) is 46.6 Å². The lowest BCUT2D eigenvalue weighted by atomic mass is 10.3. The molecule has 0 aliphatic heterocycles. The van der Waals surface area contributed by atoms with Crippen LogP contribution in [-0.4, -0.2) is 13.4 Å². The number of nitrogens with one attached hydrogen (secondary N) is 1. The van der Waals surface area contributed by atoms with Gasteiger partial charge in [-0.25, -0.2) is 13.4 Å². The Hall–Kier alpha value is -1.50. The predicted octanol–water partition coefficient (Wildman–Crippen LogP) is 2.77. The van der Waals surface area contributed by atoms with E-state index in [-0.39, 0.29) is 15.7 Å². The Labute approximate surface area is 120 Å². The van der Waals surface area contributed by atoms with Crippen molar-refractivity contribution in [2.75, 3.05) is 10.5 Å². The van der Waals surface area contributed by atoms with Gasteiger partial charge in [0.2, 0.25) is 0 Å². The third kappa shape index (κ3) is 3.28. The Morgan fingerprint density at radius 3 is 2.58 bits per heavy atom. The van der Waals surface area contributed by atoms with Crippen LogP contribution in [0.25, 0.3) is 0 Å². The van der Waals surface area contributed by atoms with E-state index in [0.717, 1.165) is 0 Å². The van der Waals surface area contributed by atoms with Gasteiger partial charge in [0.1, 0.15) is 10.7 Å². The van der Waals surface area contributed by atoms with Crippen LogP contribution in [0.4, 0.5) is 11.5 Å². The van der Waals surface area contributed by atoms with Crippen LogP contribution in [0, 0.1) is 0 Å². The number of rotatable bonds is 3. The number of pyridine rings is 1. The zero-order valence-electron chi connectivity index (χ0n) is 9.47. The van der Waals surface area contributed by atoms with Crippen molar-refractivity contribution < 1.29 is 8.42 Å². The summed E-state index contributed by atoms with van der Waals surface area (Å²) in [7, 11) is -3.87. The average molecular weight is 318 g/mol. The lowest BCUT2D eigenvalue weighted by molar-refractivity contribution is 0.601. The van der Waals surface area contributed by atoms with Gasteiger partial charge in [0.15, 0.2) is 0 Å². The molecular weight excluding hydrogens is 309 g/mol. The van der Waals surface area contributed by atoms with Gasteiger partial charge >= 0.3 is 0 Å². The standard InChI is InChI=1S/C11H9Cl2N3O2S/c12-7-3-4-15-11(5-7)16-19(17,18)10-6-8(14)1-2-9(10)13/h1-6H,14H2,(H,15,16). The van der Waals surface area contributed by atoms with Crippen molar-refractivity contribution >= 4 is 44.7 Å². The van der Waals surface area contributed by atoms with E-state index in [0.29, 0.717) is 10.7 Å². The Morgan fingerprint density at radius 2 is 1.89 bits per heavy atom. The summed E-state index contributed by atoms with van der Waals surface area (Å²) >= 11 is 11.6. The quantitative estimate of drug-likeness (QED) is 0.852. The molecule has 0 aliphatic carbocycles. The van der Waals surface area contributed by atoms with E-state index in [1.165, 1.54) is 36.5 Å². The molecular formula is C11H9Cl2N3O2S. The van der Waals surface area contributed by atoms with E-state index >= 15 is 0 Å². The number of aromatic nitrogens is 1. The van der Waals surface area contributed by atoms with Gasteiger partial charge in [0.05, 0.1) is 5.02 Å². The van der Waals surface area contributed by atoms with Gasteiger partial charge in [-0.2, -0.15) is 0 Å². The van der Waals surface area contributed by atoms with Gasteiger partial charge in [-0.1, -0.05) is 23.2 Å². The van der Waals surface area contributed by atoms with E-state index in [2.05, 4.69) is 9.71 Å². The van der Waals surface area contributed by atoms with Crippen molar-refractivity contribution in [1.82, 2.24) is 4.98 Å². The minimum Gasteiger partial charge on any atom is -0.399 e. The summed E-state index contributed by atoms with van der Waals surface area (Å²) in [5, 5.41) is 0.440. The summed E-state index contributed by atoms with van der Waals surface area (Å²) in [6.07, 6.45) is 1.39. The molecule has 1 aromatic carbocycles. The lowest BCUT2D eigenvalue weighted by Crippen LogP contribution is -2.14. The molecule has 2 rings (SSSR count). The van der Waals surface area contributed by atoms with E-state index in [4.69, 9.17) is 28.9 Å². The Bertz CT molecular complexity index is 720. The van der Waals surface area contributed by atoms with E-state index < -0.39 is 10.0 Å². The fourth-order valence-electron chi connectivity index (χ4n) is 1.38. The molecule has 0 amide bonds. The normalized spacial score (nSPS) is 11.3. The largest absolute Gasteiger partial charge is 0.399 e. The summed E-state index contributed by atoms with van der Waals surface area (Å²) in [6, 6.07) is 7.12. The lowest BCUT2D eigenvalue weighted by Gasteiger charge is -2.09. The highest BCUT2D eigenvalue weighted by atomic mass is 35.5. The van der Waals surface area contributed by atoms with E-state index in [1.54, 1.807) is 0 Å². The van der Waals surface area contributed by atoms with Crippen LogP contribution in [0.3, 0.4) is 0 Å². The number of hydrogen-bond acceptors (Lipinski definition) is 4. The molecule has 1 heterocycles. The number of nitrogens with two attached hydrogens (primary N) is 1. The van der Waals surface area contributed by atoms with Gasteiger partial charge < -0.3 is 5.73 Å². The zero-order valence-corrected chi connectivity index (χ0v) is 11.8. The summed E-state index contributed by atoms with van der Waals surface area (Å²) in [4.78, 5) is 3.74. The van der Waals surface area contributed by atoms with E-state index in [9.17, 15) is 8.42 Å². The first-order valence-corrected chi connectivity index (χ1v) is 7.32. The second-order valence-electron chi connectivity index (χ2n) is 3.65. The van der Waals surface area contributed by atoms with Gasteiger partial charge in [0.25, 0.3) is 10.0 Å². The van der Waals surface area contributed by atoms with Crippen molar-refractivity contribution in [3.8, 4) is 0 Å². The van der Waals surface area contributed by atoms with Crippen molar-refractivity contribution in [2.24, 2.45) is 0 Å². The van der Waals surface area contributed by atoms with Crippen LogP contribution >= 0.6 is 23.2 Å². The molecule has 2 aromatic rings. The number of hydrogen-bond donors (Lipinski definition) is 2. The maximum absolute atomic E-state index is 12.2. The SMILES string of the molecule is Nc1ccc(Cl)c(S(=O)(=O)Nc2cc(Cl)ccn2)c1. The molecule has 0 saturated heterocycles. The highest BCUT2D eigenvalue weighted by molar-refractivity contribution is 7.92. The first-order valence-electron chi connectivity index (χ1n) is 5.08. The van der Waals surface area contributed by atoms with Crippen LogP contribution in [0.1, 0.15) is 0 Å². The maximum Gasteiger partial charge on any atom is 0.264 e. The third-order valence-electron chi connectivity index (χ3n) is 2.21. The molecule has 8 heteroatoms. The molecule has 0 unspecified atom stereocenters. The average Bonchev–Trinajstić information content (AvgIpc) is 2.31. The monoisotopic (exact) mass is 317 g/mol. The van der Waals surface area contributed by atoms with Crippen LogP contribution in [0.2, 0.25) is 10.0 Å². The molecule has 100 valence electrons. The van der Waals surface area contributed by atoms with Gasteiger partial charge in [-0.15, -0.1) is 0 Å². The number of nitrogen functional groups attached to an aromatic ring is 1. The summed E-state index contributed by atoms with van der Waals surface area (Å²) < 4.78 is 26.6. The first-order chi connectivity index (χ1) is 8.88. The Kier molecular flexibility index (Phi) is 3.84. The first kappa shape index (κ1) is 13.9. The molecule has 0 fully saturated rings. The number of anilines is 2. The highest BCUT2D eigenvalue weighted by Gasteiger charge is 2.19. The Balaban J connectivity index is 2.40. The van der Waals surface area contributed by atoms with Gasteiger partial charge in [-0.3, -0.25) is 4.72 Å². The molecule has 0 saturated carbocycles. The van der Waals surface area contributed by atoms with Crippen molar-refractivity contribution in [2.45, 2.75) is 4.90 Å². The van der Waals surface area contributed by atoms with Crippen LogP contribution < -0.4 is 10.5 Å². The molecule has 0 radical (unpaired) electrons. The molecule has 19 heavy (non-hydrogen) atoms. The predicted molar refractivity (Wildman–Crippen MR) is 75.9 cm³/mol. The molecule has 3 N–H and O–H groups in total. The molecule has 1 aromatic heterocycles. The smallest absolute Gasteiger partial charge is 0.264 e. The minimum atomic E-state index is -3.87. The molecule has 0 bridgehead atoms. The maximum atomic E-state index is 12.2. The summed E-state index contributed by atoms with van der Waals surface area (Å²) in [5.74, 6) is 0.103. The number of benzene rings is 1. The van der Waals surface area contributed by atoms with Crippen LogP contribution in [-0.2, 0) is 10.0 Å².